The second kappa shape index (κ2) is 6.94. The van der Waals surface area contributed by atoms with Crippen molar-refractivity contribution in [2.24, 2.45) is 23.2 Å². The average molecular weight is 428 g/mol. The van der Waals surface area contributed by atoms with Crippen molar-refractivity contribution < 1.29 is 23.8 Å². The molecule has 1 aromatic rings. The maximum absolute atomic E-state index is 15.1. The quantitative estimate of drug-likeness (QED) is 0.721. The third-order valence-electron chi connectivity index (χ3n) is 8.73. The summed E-state index contributed by atoms with van der Waals surface area (Å²) in [6.07, 6.45) is 9.61. The summed E-state index contributed by atoms with van der Waals surface area (Å²) in [6, 6.07) is 2.17. The zero-order valence-corrected chi connectivity index (χ0v) is 17.8. The maximum atomic E-state index is 15.1. The van der Waals surface area contributed by atoms with Crippen LogP contribution in [-0.4, -0.2) is 41.1 Å². The minimum atomic E-state index is -1.02. The lowest BCUT2D eigenvalue weighted by molar-refractivity contribution is -0.141. The molecule has 6 heteroatoms. The molecule has 0 aromatic heterocycles. The van der Waals surface area contributed by atoms with Crippen LogP contribution in [0.3, 0.4) is 0 Å². The fourth-order valence-electron chi connectivity index (χ4n) is 7.38. The monoisotopic (exact) mass is 427 g/mol. The molecule has 5 saturated carbocycles. The van der Waals surface area contributed by atoms with E-state index in [2.05, 4.69) is 0 Å². The van der Waals surface area contributed by atoms with Gasteiger partial charge in [-0.1, -0.05) is 0 Å². The number of rotatable bonds is 6. The zero-order valence-electron chi connectivity index (χ0n) is 17.8. The van der Waals surface area contributed by atoms with Crippen LogP contribution in [0.1, 0.15) is 79.6 Å². The fourth-order valence-corrected chi connectivity index (χ4v) is 7.38. The maximum Gasteiger partial charge on any atom is 0.326 e. The summed E-state index contributed by atoms with van der Waals surface area (Å²) >= 11 is 0. The third kappa shape index (κ3) is 3.25. The van der Waals surface area contributed by atoms with E-state index in [0.717, 1.165) is 36.2 Å². The standard InChI is InChI=1S/C25H30FNO4/c26-20-9-22(31-13-25-10-14-6-16(11-25)17(7-14)12-25)18(15-3-4-15)8-19(20)23(28)27-5-1-2-21(27)24(29)30/h8-9,14-17,21H,1-7,10-13H2,(H,29,30)/t14?,16?,17?,21-,25?/m0/s1. The van der Waals surface area contributed by atoms with Crippen LogP contribution in [0.15, 0.2) is 12.1 Å². The smallest absolute Gasteiger partial charge is 0.326 e. The Balaban J connectivity index is 1.24. The van der Waals surface area contributed by atoms with Crippen molar-refractivity contribution in [3.05, 3.63) is 29.1 Å². The number of hydrogen-bond donors (Lipinski definition) is 1. The molecule has 4 bridgehead atoms. The van der Waals surface area contributed by atoms with Gasteiger partial charge in [0.25, 0.3) is 5.91 Å². The molecule has 1 N–H and O–H groups in total. The number of carbonyl (C=O) groups is 2. The normalized spacial score (nSPS) is 35.7. The van der Waals surface area contributed by atoms with E-state index in [1.807, 2.05) is 0 Å². The first kappa shape index (κ1) is 19.6. The molecule has 1 saturated heterocycles. The minimum absolute atomic E-state index is 0.0135. The van der Waals surface area contributed by atoms with E-state index >= 15 is 4.39 Å². The van der Waals surface area contributed by atoms with Crippen molar-refractivity contribution in [3.63, 3.8) is 0 Å². The first-order chi connectivity index (χ1) is 14.9. The Hall–Kier alpha value is -2.11. The van der Waals surface area contributed by atoms with Crippen molar-refractivity contribution in [1.29, 1.82) is 0 Å². The number of hydrogen-bond acceptors (Lipinski definition) is 3. The van der Waals surface area contributed by atoms with Gasteiger partial charge in [-0.15, -0.1) is 0 Å². The van der Waals surface area contributed by atoms with Crippen molar-refractivity contribution in [2.45, 2.75) is 69.7 Å². The second-order valence-corrected chi connectivity index (χ2v) is 10.9. The number of halogens is 1. The Labute approximate surface area is 181 Å². The van der Waals surface area contributed by atoms with Gasteiger partial charge in [-0.3, -0.25) is 4.79 Å². The summed E-state index contributed by atoms with van der Waals surface area (Å²) in [5.41, 5.74) is 1.16. The Morgan fingerprint density at radius 1 is 1.13 bits per heavy atom. The molecule has 5 aliphatic carbocycles. The van der Waals surface area contributed by atoms with Crippen molar-refractivity contribution in [1.82, 2.24) is 4.90 Å². The highest BCUT2D eigenvalue weighted by Gasteiger charge is 2.56. The number of nitrogens with zero attached hydrogens (tertiary/aromatic N) is 1. The van der Waals surface area contributed by atoms with Crippen LogP contribution in [0, 0.1) is 29.0 Å². The van der Waals surface area contributed by atoms with Crippen LogP contribution in [0.4, 0.5) is 4.39 Å². The number of ether oxygens (including phenoxy) is 1. The first-order valence-electron chi connectivity index (χ1n) is 11.9. The average Bonchev–Trinajstić information content (AvgIpc) is 3.30. The summed E-state index contributed by atoms with van der Waals surface area (Å²) < 4.78 is 21.4. The van der Waals surface area contributed by atoms with E-state index in [0.29, 0.717) is 37.7 Å². The first-order valence-corrected chi connectivity index (χ1v) is 11.9. The van der Waals surface area contributed by atoms with Crippen LogP contribution in [0.25, 0.3) is 0 Å². The molecular weight excluding hydrogens is 397 g/mol. The molecule has 1 heterocycles. The summed E-state index contributed by atoms with van der Waals surface area (Å²) in [5, 5.41) is 9.40. The third-order valence-corrected chi connectivity index (χ3v) is 8.73. The van der Waals surface area contributed by atoms with Gasteiger partial charge in [0.2, 0.25) is 0 Å². The van der Waals surface area contributed by atoms with Gasteiger partial charge in [-0.2, -0.15) is 0 Å². The number of likely N-dealkylation sites (tertiary alicyclic amines) is 1. The van der Waals surface area contributed by atoms with E-state index in [4.69, 9.17) is 4.74 Å². The summed E-state index contributed by atoms with van der Waals surface area (Å²) in [5.74, 6) is 1.34. The van der Waals surface area contributed by atoms with Crippen LogP contribution >= 0.6 is 0 Å². The van der Waals surface area contributed by atoms with Gasteiger partial charge < -0.3 is 14.7 Å². The van der Waals surface area contributed by atoms with Gasteiger partial charge in [0.1, 0.15) is 17.6 Å². The zero-order chi connectivity index (χ0) is 21.3. The van der Waals surface area contributed by atoms with Crippen molar-refractivity contribution in [3.8, 4) is 5.75 Å². The number of carbonyl (C=O) groups excluding carboxylic acids is 1. The molecule has 7 rings (SSSR count). The lowest BCUT2D eigenvalue weighted by Crippen LogP contribution is -2.40. The topological polar surface area (TPSA) is 66.8 Å². The highest BCUT2D eigenvalue weighted by Crippen LogP contribution is 2.64. The van der Waals surface area contributed by atoms with Gasteiger partial charge in [0.15, 0.2) is 0 Å². The van der Waals surface area contributed by atoms with Crippen LogP contribution in [0.5, 0.6) is 5.75 Å². The molecule has 0 radical (unpaired) electrons. The number of benzene rings is 1. The molecule has 1 aliphatic heterocycles. The molecule has 31 heavy (non-hydrogen) atoms. The largest absolute Gasteiger partial charge is 0.493 e. The number of aliphatic carboxylic acids is 1. The van der Waals surface area contributed by atoms with Crippen LogP contribution in [0.2, 0.25) is 0 Å². The second-order valence-electron chi connectivity index (χ2n) is 10.9. The van der Waals surface area contributed by atoms with E-state index in [1.165, 1.54) is 43.1 Å². The summed E-state index contributed by atoms with van der Waals surface area (Å²) in [6.45, 7) is 1.01. The lowest BCUT2D eigenvalue weighted by Gasteiger charge is -2.38. The minimum Gasteiger partial charge on any atom is -0.493 e. The molecule has 5 nitrogen and oxygen atoms in total. The Kier molecular flexibility index (Phi) is 4.38. The SMILES string of the molecule is O=C(O)[C@@H]1CCCN1C(=O)c1cc(C2CC2)c(OCC23CC4CC(C2)C(C4)C3)cc1F. The van der Waals surface area contributed by atoms with E-state index in [-0.39, 0.29) is 11.0 Å². The Morgan fingerprint density at radius 2 is 1.87 bits per heavy atom. The molecule has 1 aromatic carbocycles. The molecule has 3 atom stereocenters. The predicted molar refractivity (Wildman–Crippen MR) is 112 cm³/mol. The molecule has 0 spiro atoms. The van der Waals surface area contributed by atoms with Gasteiger partial charge in [-0.25, -0.2) is 9.18 Å². The van der Waals surface area contributed by atoms with E-state index in [1.54, 1.807) is 6.07 Å². The summed E-state index contributed by atoms with van der Waals surface area (Å²) in [7, 11) is 0. The number of amides is 1. The van der Waals surface area contributed by atoms with E-state index in [9.17, 15) is 14.7 Å². The Bertz CT molecular complexity index is 922. The van der Waals surface area contributed by atoms with Crippen molar-refractivity contribution >= 4 is 11.9 Å². The molecule has 6 fully saturated rings. The molecule has 1 amide bonds. The lowest BCUT2D eigenvalue weighted by atomic mass is 9.70. The van der Waals surface area contributed by atoms with E-state index < -0.39 is 23.7 Å². The van der Waals surface area contributed by atoms with Crippen LogP contribution < -0.4 is 4.74 Å². The van der Waals surface area contributed by atoms with Gasteiger partial charge in [0.05, 0.1) is 12.2 Å². The predicted octanol–water partition coefficient (Wildman–Crippen LogP) is 4.60. The van der Waals surface area contributed by atoms with Gasteiger partial charge >= 0.3 is 5.97 Å². The van der Waals surface area contributed by atoms with Gasteiger partial charge in [0, 0.05) is 18.0 Å². The van der Waals surface area contributed by atoms with Crippen LogP contribution in [-0.2, 0) is 4.79 Å². The molecular formula is C25H30FNO4. The Morgan fingerprint density at radius 3 is 2.52 bits per heavy atom. The fraction of sp³-hybridized carbons (Fsp3) is 0.680. The molecule has 6 aliphatic rings. The number of carboxylic acid groups (broad SMARTS) is 1. The summed E-state index contributed by atoms with van der Waals surface area (Å²) in [4.78, 5) is 25.8. The molecule has 166 valence electrons. The number of carboxylic acids is 1. The van der Waals surface area contributed by atoms with Crippen molar-refractivity contribution in [2.75, 3.05) is 13.2 Å². The van der Waals surface area contributed by atoms with Gasteiger partial charge in [-0.05, 0) is 93.1 Å². The highest BCUT2D eigenvalue weighted by atomic mass is 19.1. The highest BCUT2D eigenvalue weighted by molar-refractivity contribution is 5.97. The molecule has 2 unspecified atom stereocenters.